The molecule has 1 aromatic rings. The smallest absolute Gasteiger partial charge is 0.318 e. The first kappa shape index (κ1) is 17.1. The Hall–Kier alpha value is -1.93. The van der Waals surface area contributed by atoms with Crippen LogP contribution < -0.4 is 5.32 Å². The maximum absolute atomic E-state index is 12.5. The van der Waals surface area contributed by atoms with Gasteiger partial charge in [-0.05, 0) is 24.6 Å². The maximum Gasteiger partial charge on any atom is 0.318 e. The van der Waals surface area contributed by atoms with Gasteiger partial charge in [0.25, 0.3) is 0 Å². The molecule has 0 fully saturated rings. The van der Waals surface area contributed by atoms with E-state index in [0.29, 0.717) is 11.3 Å². The molecule has 0 atom stereocenters. The molecule has 116 valence electrons. The van der Waals surface area contributed by atoms with Crippen LogP contribution in [0.2, 0.25) is 0 Å². The molecule has 0 bridgehead atoms. The average Bonchev–Trinajstić information content (AvgIpc) is 2.37. The quantitative estimate of drug-likeness (QED) is 0.816. The third-order valence-electron chi connectivity index (χ3n) is 2.79. The molecule has 0 heterocycles. The fourth-order valence-electron chi connectivity index (χ4n) is 1.82. The number of aliphatic carboxylic acids is 1. The van der Waals surface area contributed by atoms with Crippen molar-refractivity contribution in [1.82, 2.24) is 4.31 Å². The molecule has 7 nitrogen and oxygen atoms in total. The van der Waals surface area contributed by atoms with Crippen molar-refractivity contribution in [2.24, 2.45) is 0 Å². The summed E-state index contributed by atoms with van der Waals surface area (Å²) in [6.45, 7) is 3.92. The zero-order valence-corrected chi connectivity index (χ0v) is 12.9. The highest BCUT2D eigenvalue weighted by Gasteiger charge is 2.27. The largest absolute Gasteiger partial charge is 0.480 e. The number of nitrogens with one attached hydrogen (secondary N) is 1. The highest BCUT2D eigenvalue weighted by Crippen LogP contribution is 2.23. The third-order valence-corrected chi connectivity index (χ3v) is 4.85. The summed E-state index contributed by atoms with van der Waals surface area (Å²) >= 11 is 0. The molecule has 0 saturated heterocycles. The summed E-state index contributed by atoms with van der Waals surface area (Å²) in [4.78, 5) is 21.8. The number of anilines is 1. The Morgan fingerprint density at radius 3 is 2.43 bits per heavy atom. The van der Waals surface area contributed by atoms with Gasteiger partial charge in [0.05, 0.1) is 4.90 Å². The van der Waals surface area contributed by atoms with Crippen LogP contribution in [0.25, 0.3) is 0 Å². The van der Waals surface area contributed by atoms with Gasteiger partial charge in [0.1, 0.15) is 6.54 Å². The summed E-state index contributed by atoms with van der Waals surface area (Å²) < 4.78 is 25.9. The maximum atomic E-state index is 12.5. The lowest BCUT2D eigenvalue weighted by Crippen LogP contribution is -2.35. The van der Waals surface area contributed by atoms with E-state index in [-0.39, 0.29) is 17.3 Å². The van der Waals surface area contributed by atoms with Gasteiger partial charge in [-0.3, -0.25) is 9.59 Å². The minimum atomic E-state index is -3.93. The molecular weight excluding hydrogens is 296 g/mol. The Morgan fingerprint density at radius 2 is 1.95 bits per heavy atom. The highest BCUT2D eigenvalue weighted by atomic mass is 32.2. The average molecular weight is 314 g/mol. The Labute approximate surface area is 123 Å². The van der Waals surface area contributed by atoms with Crippen molar-refractivity contribution in [3.63, 3.8) is 0 Å². The van der Waals surface area contributed by atoms with Crippen molar-refractivity contribution in [3.05, 3.63) is 23.8 Å². The number of carbonyl (C=O) groups excluding carboxylic acids is 1. The number of hydrogen-bond donors (Lipinski definition) is 2. The van der Waals surface area contributed by atoms with Gasteiger partial charge in [-0.2, -0.15) is 4.31 Å². The molecule has 1 rings (SSSR count). The first-order chi connectivity index (χ1) is 9.68. The third kappa shape index (κ3) is 4.27. The molecule has 21 heavy (non-hydrogen) atoms. The minimum absolute atomic E-state index is 0.0168. The number of carboxylic acid groups (broad SMARTS) is 1. The summed E-state index contributed by atoms with van der Waals surface area (Å²) in [5, 5.41) is 11.3. The van der Waals surface area contributed by atoms with Crippen molar-refractivity contribution in [2.75, 3.05) is 18.4 Å². The van der Waals surface area contributed by atoms with Crippen molar-refractivity contribution in [1.29, 1.82) is 0 Å². The van der Waals surface area contributed by atoms with E-state index >= 15 is 0 Å². The van der Waals surface area contributed by atoms with Crippen LogP contribution in [0.5, 0.6) is 0 Å². The summed E-state index contributed by atoms with van der Waals surface area (Å²) in [6.07, 6.45) is 0. The van der Waals surface area contributed by atoms with Crippen LogP contribution in [0.3, 0.4) is 0 Å². The van der Waals surface area contributed by atoms with Crippen LogP contribution in [0.4, 0.5) is 5.69 Å². The van der Waals surface area contributed by atoms with Crippen LogP contribution in [0, 0.1) is 6.92 Å². The number of carboxylic acids is 1. The van der Waals surface area contributed by atoms with Gasteiger partial charge in [0, 0.05) is 19.2 Å². The van der Waals surface area contributed by atoms with E-state index in [1.54, 1.807) is 26.0 Å². The second-order valence-electron chi connectivity index (χ2n) is 4.49. The molecule has 8 heteroatoms. The Morgan fingerprint density at radius 1 is 1.33 bits per heavy atom. The van der Waals surface area contributed by atoms with Crippen LogP contribution >= 0.6 is 0 Å². The number of amides is 1. The molecule has 0 radical (unpaired) electrons. The lowest BCUT2D eigenvalue weighted by atomic mass is 10.2. The lowest BCUT2D eigenvalue weighted by molar-refractivity contribution is -0.137. The lowest BCUT2D eigenvalue weighted by Gasteiger charge is -2.20. The Balaban J connectivity index is 3.28. The number of nitrogens with zero attached hydrogens (tertiary/aromatic N) is 1. The zero-order valence-electron chi connectivity index (χ0n) is 12.1. The summed E-state index contributed by atoms with van der Waals surface area (Å²) in [5.74, 6) is -1.55. The van der Waals surface area contributed by atoms with Crippen molar-refractivity contribution >= 4 is 27.6 Å². The topological polar surface area (TPSA) is 104 Å². The molecule has 0 aliphatic heterocycles. The summed E-state index contributed by atoms with van der Waals surface area (Å²) in [7, 11) is -3.93. The number of benzene rings is 1. The van der Waals surface area contributed by atoms with Crippen LogP contribution in [0.15, 0.2) is 23.1 Å². The van der Waals surface area contributed by atoms with Crippen molar-refractivity contribution in [3.8, 4) is 0 Å². The predicted octanol–water partition coefficient (Wildman–Crippen LogP) is 1.05. The van der Waals surface area contributed by atoms with E-state index in [1.165, 1.54) is 13.0 Å². The number of hydrogen-bond acceptors (Lipinski definition) is 4. The van der Waals surface area contributed by atoms with Crippen molar-refractivity contribution in [2.45, 2.75) is 25.7 Å². The Kier molecular flexibility index (Phi) is 5.45. The molecule has 0 aliphatic carbocycles. The monoisotopic (exact) mass is 314 g/mol. The fourth-order valence-corrected chi connectivity index (χ4v) is 3.47. The standard InChI is InChI=1S/C13H18N2O5S/c1-4-15(8-13(17)18)21(19,20)12-7-11(14-10(3)16)6-5-9(12)2/h5-7H,4,8H2,1-3H3,(H,14,16)(H,17,18). The SMILES string of the molecule is CCN(CC(=O)O)S(=O)(=O)c1cc(NC(C)=O)ccc1C. The van der Waals surface area contributed by atoms with Gasteiger partial charge in [-0.1, -0.05) is 13.0 Å². The van der Waals surface area contributed by atoms with Crippen molar-refractivity contribution < 1.29 is 23.1 Å². The molecule has 0 spiro atoms. The van der Waals surface area contributed by atoms with E-state index in [4.69, 9.17) is 5.11 Å². The molecular formula is C13H18N2O5S. The molecule has 0 unspecified atom stereocenters. The Bertz CT molecular complexity index is 655. The van der Waals surface area contributed by atoms with Crippen LogP contribution in [0.1, 0.15) is 19.4 Å². The van der Waals surface area contributed by atoms with Gasteiger partial charge in [-0.15, -0.1) is 0 Å². The van der Waals surface area contributed by atoms with Gasteiger partial charge >= 0.3 is 5.97 Å². The second kappa shape index (κ2) is 6.68. The zero-order chi connectivity index (χ0) is 16.2. The molecule has 1 aromatic carbocycles. The predicted molar refractivity (Wildman–Crippen MR) is 77.6 cm³/mol. The first-order valence-corrected chi connectivity index (χ1v) is 7.72. The number of rotatable bonds is 6. The van der Waals surface area contributed by atoms with Gasteiger partial charge < -0.3 is 10.4 Å². The van der Waals surface area contributed by atoms with Crippen LogP contribution in [-0.4, -0.2) is 42.8 Å². The number of carbonyl (C=O) groups is 2. The fraction of sp³-hybridized carbons (Fsp3) is 0.385. The summed E-state index contributed by atoms with van der Waals surface area (Å²) in [6, 6.07) is 4.48. The van der Waals surface area contributed by atoms with Crippen LogP contribution in [-0.2, 0) is 19.6 Å². The molecule has 0 saturated carbocycles. The summed E-state index contributed by atoms with van der Waals surface area (Å²) in [5.41, 5.74) is 0.825. The molecule has 1 amide bonds. The number of likely N-dealkylation sites (N-methyl/N-ethyl adjacent to an activating group) is 1. The van der Waals surface area contributed by atoms with E-state index in [2.05, 4.69) is 5.32 Å². The van der Waals surface area contributed by atoms with E-state index in [0.717, 1.165) is 4.31 Å². The first-order valence-electron chi connectivity index (χ1n) is 6.28. The highest BCUT2D eigenvalue weighted by molar-refractivity contribution is 7.89. The van der Waals surface area contributed by atoms with E-state index in [9.17, 15) is 18.0 Å². The molecule has 2 N–H and O–H groups in total. The normalized spacial score (nSPS) is 11.4. The van der Waals surface area contributed by atoms with Gasteiger partial charge in [0.2, 0.25) is 15.9 Å². The van der Waals surface area contributed by atoms with E-state index < -0.39 is 22.5 Å². The number of sulfonamides is 1. The van der Waals surface area contributed by atoms with Gasteiger partial charge in [0.15, 0.2) is 0 Å². The number of aryl methyl sites for hydroxylation is 1. The minimum Gasteiger partial charge on any atom is -0.480 e. The van der Waals surface area contributed by atoms with Gasteiger partial charge in [-0.25, -0.2) is 8.42 Å². The molecule has 0 aliphatic rings. The molecule has 0 aromatic heterocycles. The second-order valence-corrected chi connectivity index (χ2v) is 6.39. The van der Waals surface area contributed by atoms with E-state index in [1.807, 2.05) is 0 Å².